The average molecular weight is 540 g/mol. The third-order valence-electron chi connectivity index (χ3n) is 4.73. The number of amides is 3. The van der Waals surface area contributed by atoms with Gasteiger partial charge in [-0.1, -0.05) is 75.8 Å². The maximum absolute atomic E-state index is 13.4. The molecular formula is C24H19BrFN5O2S. The van der Waals surface area contributed by atoms with Crippen molar-refractivity contribution in [2.75, 3.05) is 10.6 Å². The molecule has 0 aliphatic carbocycles. The summed E-state index contributed by atoms with van der Waals surface area (Å²) in [6.07, 6.45) is 0.252. The maximum atomic E-state index is 13.4. The Bertz CT molecular complexity index is 1280. The van der Waals surface area contributed by atoms with Gasteiger partial charge >= 0.3 is 6.03 Å². The van der Waals surface area contributed by atoms with Gasteiger partial charge in [-0.3, -0.25) is 10.1 Å². The maximum Gasteiger partial charge on any atom is 0.319 e. The summed E-state index contributed by atoms with van der Waals surface area (Å²) >= 11 is 4.62. The molecule has 3 amide bonds. The molecule has 0 aliphatic heterocycles. The lowest BCUT2D eigenvalue weighted by atomic mass is 10.1. The molecule has 0 saturated carbocycles. The van der Waals surface area contributed by atoms with Crippen LogP contribution >= 0.6 is 27.3 Å². The number of nitrogens with zero attached hydrogens (tertiary/aromatic N) is 2. The first-order valence-corrected chi connectivity index (χ1v) is 11.8. The second-order valence-corrected chi connectivity index (χ2v) is 9.15. The van der Waals surface area contributed by atoms with Crippen LogP contribution in [0.2, 0.25) is 0 Å². The SMILES string of the molecule is O=C(Nc1cccc(F)c1)NC(Cc1ccccc1)C(=O)Nc1nnc(-c2ccc(Br)cc2)s1. The number of nitrogens with one attached hydrogen (secondary N) is 3. The van der Waals surface area contributed by atoms with Crippen molar-refractivity contribution < 1.29 is 14.0 Å². The number of anilines is 2. The van der Waals surface area contributed by atoms with Crippen molar-refractivity contribution in [1.82, 2.24) is 15.5 Å². The summed E-state index contributed by atoms with van der Waals surface area (Å²) in [6, 6.07) is 20.9. The van der Waals surface area contributed by atoms with E-state index >= 15 is 0 Å². The van der Waals surface area contributed by atoms with Gasteiger partial charge in [-0.15, -0.1) is 10.2 Å². The summed E-state index contributed by atoms with van der Waals surface area (Å²) in [5, 5.41) is 17.1. The molecule has 4 aromatic rings. The molecule has 0 aliphatic rings. The van der Waals surface area contributed by atoms with Crippen LogP contribution in [0.1, 0.15) is 5.56 Å². The molecule has 1 aromatic heterocycles. The fourth-order valence-electron chi connectivity index (χ4n) is 3.13. The first kappa shape index (κ1) is 23.5. The van der Waals surface area contributed by atoms with Crippen molar-refractivity contribution in [1.29, 1.82) is 0 Å². The Morgan fingerprint density at radius 2 is 1.71 bits per heavy atom. The zero-order valence-electron chi connectivity index (χ0n) is 17.7. The fraction of sp³-hybridized carbons (Fsp3) is 0.0833. The molecule has 0 radical (unpaired) electrons. The summed E-state index contributed by atoms with van der Waals surface area (Å²) < 4.78 is 14.4. The van der Waals surface area contributed by atoms with E-state index < -0.39 is 23.8 Å². The van der Waals surface area contributed by atoms with E-state index in [4.69, 9.17) is 0 Å². The highest BCUT2D eigenvalue weighted by atomic mass is 79.9. The number of hydrogen-bond donors (Lipinski definition) is 3. The molecule has 3 N–H and O–H groups in total. The predicted molar refractivity (Wildman–Crippen MR) is 134 cm³/mol. The van der Waals surface area contributed by atoms with Gasteiger partial charge in [0.15, 0.2) is 0 Å². The molecule has 1 unspecified atom stereocenters. The number of aromatic nitrogens is 2. The zero-order valence-corrected chi connectivity index (χ0v) is 20.1. The lowest BCUT2D eigenvalue weighted by Crippen LogP contribution is -2.46. The predicted octanol–water partition coefficient (Wildman–Crippen LogP) is 5.48. The van der Waals surface area contributed by atoms with Crippen molar-refractivity contribution in [2.24, 2.45) is 0 Å². The monoisotopic (exact) mass is 539 g/mol. The Labute approximate surface area is 207 Å². The van der Waals surface area contributed by atoms with E-state index in [0.29, 0.717) is 10.1 Å². The number of rotatable bonds is 7. The number of urea groups is 1. The Balaban J connectivity index is 1.47. The van der Waals surface area contributed by atoms with E-state index in [9.17, 15) is 14.0 Å². The van der Waals surface area contributed by atoms with E-state index in [1.165, 1.54) is 29.5 Å². The Hall–Kier alpha value is -3.63. The van der Waals surface area contributed by atoms with Gasteiger partial charge in [-0.25, -0.2) is 9.18 Å². The fourth-order valence-corrected chi connectivity index (χ4v) is 4.14. The first-order valence-electron chi connectivity index (χ1n) is 10.2. The average Bonchev–Trinajstić information content (AvgIpc) is 3.28. The van der Waals surface area contributed by atoms with Gasteiger partial charge in [0.25, 0.3) is 0 Å². The molecule has 0 spiro atoms. The van der Waals surface area contributed by atoms with Crippen LogP contribution in [0.3, 0.4) is 0 Å². The van der Waals surface area contributed by atoms with Crippen LogP contribution in [0, 0.1) is 5.82 Å². The van der Waals surface area contributed by atoms with Gasteiger partial charge < -0.3 is 10.6 Å². The van der Waals surface area contributed by atoms with E-state index in [-0.39, 0.29) is 12.1 Å². The quantitative estimate of drug-likeness (QED) is 0.289. The largest absolute Gasteiger partial charge is 0.326 e. The minimum Gasteiger partial charge on any atom is -0.326 e. The topological polar surface area (TPSA) is 96.0 Å². The lowest BCUT2D eigenvalue weighted by Gasteiger charge is -2.18. The first-order chi connectivity index (χ1) is 16.5. The highest BCUT2D eigenvalue weighted by Gasteiger charge is 2.23. The van der Waals surface area contributed by atoms with Crippen molar-refractivity contribution in [3.63, 3.8) is 0 Å². The molecule has 34 heavy (non-hydrogen) atoms. The number of carbonyl (C=O) groups excluding carboxylic acids is 2. The van der Waals surface area contributed by atoms with Crippen LogP contribution in [0.15, 0.2) is 83.3 Å². The van der Waals surface area contributed by atoms with Gasteiger partial charge in [-0.2, -0.15) is 0 Å². The van der Waals surface area contributed by atoms with Crippen molar-refractivity contribution in [2.45, 2.75) is 12.5 Å². The van der Waals surface area contributed by atoms with Crippen LogP contribution < -0.4 is 16.0 Å². The minimum absolute atomic E-state index is 0.252. The number of carbonyl (C=O) groups is 2. The number of hydrogen-bond acceptors (Lipinski definition) is 5. The molecule has 1 heterocycles. The highest BCUT2D eigenvalue weighted by Crippen LogP contribution is 2.27. The normalized spacial score (nSPS) is 11.5. The molecule has 3 aromatic carbocycles. The second kappa shape index (κ2) is 11.0. The van der Waals surface area contributed by atoms with Crippen LogP contribution in [0.25, 0.3) is 10.6 Å². The molecule has 4 rings (SSSR count). The summed E-state index contributed by atoms with van der Waals surface area (Å²) in [7, 11) is 0. The van der Waals surface area contributed by atoms with Gasteiger partial charge in [0.1, 0.15) is 16.9 Å². The molecule has 7 nitrogen and oxygen atoms in total. The molecule has 1 atom stereocenters. The Morgan fingerprint density at radius 3 is 2.44 bits per heavy atom. The summed E-state index contributed by atoms with van der Waals surface area (Å²) in [5.41, 5.74) is 2.01. The van der Waals surface area contributed by atoms with Crippen LogP contribution in [0.4, 0.5) is 20.0 Å². The van der Waals surface area contributed by atoms with Gasteiger partial charge in [0, 0.05) is 22.1 Å². The van der Waals surface area contributed by atoms with Crippen LogP contribution in [-0.2, 0) is 11.2 Å². The minimum atomic E-state index is -0.906. The second-order valence-electron chi connectivity index (χ2n) is 7.26. The lowest BCUT2D eigenvalue weighted by molar-refractivity contribution is -0.117. The smallest absolute Gasteiger partial charge is 0.319 e. The Morgan fingerprint density at radius 1 is 0.941 bits per heavy atom. The molecule has 172 valence electrons. The van der Waals surface area contributed by atoms with E-state index in [0.717, 1.165) is 15.6 Å². The summed E-state index contributed by atoms with van der Waals surface area (Å²) in [6.45, 7) is 0. The highest BCUT2D eigenvalue weighted by molar-refractivity contribution is 9.10. The van der Waals surface area contributed by atoms with E-state index in [1.807, 2.05) is 54.6 Å². The van der Waals surface area contributed by atoms with E-state index in [2.05, 4.69) is 42.1 Å². The molecular weight excluding hydrogens is 521 g/mol. The van der Waals surface area contributed by atoms with Gasteiger partial charge in [-0.05, 0) is 35.9 Å². The van der Waals surface area contributed by atoms with Crippen molar-refractivity contribution >= 4 is 50.0 Å². The van der Waals surface area contributed by atoms with Crippen LogP contribution in [-0.4, -0.2) is 28.2 Å². The summed E-state index contributed by atoms with van der Waals surface area (Å²) in [4.78, 5) is 25.6. The number of benzene rings is 3. The molecule has 0 bridgehead atoms. The van der Waals surface area contributed by atoms with Gasteiger partial charge in [0.05, 0.1) is 0 Å². The Kier molecular flexibility index (Phi) is 7.61. The molecule has 10 heteroatoms. The number of halogens is 2. The van der Waals surface area contributed by atoms with Crippen LogP contribution in [0.5, 0.6) is 0 Å². The zero-order chi connectivity index (χ0) is 23.9. The third-order valence-corrected chi connectivity index (χ3v) is 6.15. The molecule has 0 saturated heterocycles. The van der Waals surface area contributed by atoms with Gasteiger partial charge in [0.2, 0.25) is 11.0 Å². The third kappa shape index (κ3) is 6.46. The van der Waals surface area contributed by atoms with Crippen molar-refractivity contribution in [3.8, 4) is 10.6 Å². The summed E-state index contributed by atoms with van der Waals surface area (Å²) in [5.74, 6) is -0.925. The van der Waals surface area contributed by atoms with E-state index in [1.54, 1.807) is 6.07 Å². The molecule has 0 fully saturated rings. The standard InChI is InChI=1S/C24H19BrFN5O2S/c25-17-11-9-16(10-12-17)22-30-31-24(34-22)29-21(32)20(13-15-5-2-1-3-6-15)28-23(33)27-19-8-4-7-18(26)14-19/h1-12,14,20H,13H2,(H2,27,28,33)(H,29,31,32). The van der Waals surface area contributed by atoms with Crippen molar-refractivity contribution in [3.05, 3.63) is 94.7 Å².